The van der Waals surface area contributed by atoms with Crippen molar-refractivity contribution in [3.05, 3.63) is 119 Å². The Morgan fingerprint density at radius 2 is 0.605 bits per heavy atom. The van der Waals surface area contributed by atoms with Crippen LogP contribution in [0.5, 0.6) is 0 Å². The molecule has 0 N–H and O–H groups in total. The fraction of sp³-hybridized carbons (Fsp3) is 0.442. The van der Waals surface area contributed by atoms with Crippen molar-refractivity contribution in [1.82, 2.24) is 0 Å². The van der Waals surface area contributed by atoms with Crippen LogP contribution in [0.1, 0.15) is 116 Å². The Bertz CT molecular complexity index is 1420. The van der Waals surface area contributed by atoms with E-state index in [9.17, 15) is 0 Å². The molecule has 6 rings (SSSR count). The van der Waals surface area contributed by atoms with Crippen LogP contribution in [0, 0.1) is 16.2 Å². The number of rotatable bonds is 10. The Hall–Kier alpha value is -3.12. The van der Waals surface area contributed by atoms with Gasteiger partial charge in [-0.25, -0.2) is 0 Å². The van der Waals surface area contributed by atoms with Gasteiger partial charge in [0.1, 0.15) is 0 Å². The molecule has 43 heavy (non-hydrogen) atoms. The maximum Gasteiger partial charge on any atom is 0.0225 e. The van der Waals surface area contributed by atoms with E-state index in [-0.39, 0.29) is 27.1 Å². The van der Waals surface area contributed by atoms with Crippen molar-refractivity contribution >= 4 is 0 Å². The van der Waals surface area contributed by atoms with Gasteiger partial charge in [-0.3, -0.25) is 0 Å². The standard InChI is InChI=1S/C43H52/c1-9-39(3,4)27-42(35-23-15-11-19-31(35)32-20-12-16-24-36(32)42)29-41(7,8)30-43(28-40(5,6)10-2)37-25-17-13-21-33(37)34-22-14-18-26-38(34)43/h11-26H,9-10,27-30H2,1-8H3. The molecule has 0 atom stereocenters. The predicted octanol–water partition coefficient (Wildman–Crippen LogP) is 12.4. The molecule has 0 saturated heterocycles. The summed E-state index contributed by atoms with van der Waals surface area (Å²) in [6.07, 6.45) is 6.94. The molecule has 0 unspecified atom stereocenters. The lowest BCUT2D eigenvalue weighted by Crippen LogP contribution is -2.41. The third-order valence-corrected chi connectivity index (χ3v) is 11.4. The summed E-state index contributed by atoms with van der Waals surface area (Å²) in [5, 5.41) is 0. The molecule has 0 spiro atoms. The van der Waals surface area contributed by atoms with Crippen LogP contribution in [0.2, 0.25) is 0 Å². The van der Waals surface area contributed by atoms with E-state index in [1.807, 2.05) is 0 Å². The Labute approximate surface area is 262 Å². The van der Waals surface area contributed by atoms with Crippen LogP contribution in [0.25, 0.3) is 22.3 Å². The quantitative estimate of drug-likeness (QED) is 0.178. The molecule has 4 aromatic carbocycles. The van der Waals surface area contributed by atoms with Gasteiger partial charge in [-0.05, 0) is 86.4 Å². The smallest absolute Gasteiger partial charge is 0.0225 e. The van der Waals surface area contributed by atoms with Crippen molar-refractivity contribution in [2.24, 2.45) is 16.2 Å². The van der Waals surface area contributed by atoms with Gasteiger partial charge in [0.15, 0.2) is 0 Å². The SMILES string of the molecule is CCC(C)(C)CC1(CC(C)(C)CC2(CC(C)(C)CC)c3ccccc3-c3ccccc32)c2ccccc2-c2ccccc21. The summed E-state index contributed by atoms with van der Waals surface area (Å²) in [7, 11) is 0. The molecule has 224 valence electrons. The third-order valence-electron chi connectivity index (χ3n) is 11.4. The van der Waals surface area contributed by atoms with Crippen molar-refractivity contribution < 1.29 is 0 Å². The molecule has 0 heterocycles. The van der Waals surface area contributed by atoms with Crippen LogP contribution in [0.15, 0.2) is 97.1 Å². The molecule has 0 radical (unpaired) electrons. The summed E-state index contributed by atoms with van der Waals surface area (Å²) in [5.41, 5.74) is 12.4. The molecular weight excluding hydrogens is 516 g/mol. The van der Waals surface area contributed by atoms with Gasteiger partial charge in [0.05, 0.1) is 0 Å². The second-order valence-corrected chi connectivity index (χ2v) is 16.3. The highest BCUT2D eigenvalue weighted by molar-refractivity contribution is 5.82. The molecular formula is C43H52. The third kappa shape index (κ3) is 5.00. The van der Waals surface area contributed by atoms with Gasteiger partial charge in [-0.2, -0.15) is 0 Å². The normalized spacial score (nSPS) is 16.4. The zero-order valence-electron chi connectivity index (χ0n) is 28.0. The Kier molecular flexibility index (Phi) is 7.31. The first kappa shape index (κ1) is 29.9. The molecule has 2 aliphatic rings. The fourth-order valence-electron chi connectivity index (χ4n) is 9.30. The van der Waals surface area contributed by atoms with Gasteiger partial charge < -0.3 is 0 Å². The van der Waals surface area contributed by atoms with E-state index in [4.69, 9.17) is 0 Å². The molecule has 4 aromatic rings. The summed E-state index contributed by atoms with van der Waals surface area (Å²) in [5.74, 6) is 0. The van der Waals surface area contributed by atoms with E-state index in [2.05, 4.69) is 152 Å². The number of benzene rings is 4. The van der Waals surface area contributed by atoms with E-state index in [0.717, 1.165) is 25.7 Å². The van der Waals surface area contributed by atoms with Crippen molar-refractivity contribution in [3.8, 4) is 22.3 Å². The van der Waals surface area contributed by atoms with Crippen LogP contribution >= 0.6 is 0 Å². The van der Waals surface area contributed by atoms with Crippen LogP contribution in [-0.2, 0) is 10.8 Å². The van der Waals surface area contributed by atoms with Gasteiger partial charge in [0, 0.05) is 10.8 Å². The van der Waals surface area contributed by atoms with Crippen molar-refractivity contribution in [2.75, 3.05) is 0 Å². The Balaban J connectivity index is 1.53. The van der Waals surface area contributed by atoms with Crippen LogP contribution in [0.4, 0.5) is 0 Å². The minimum Gasteiger partial charge on any atom is -0.0649 e. The van der Waals surface area contributed by atoms with Crippen LogP contribution < -0.4 is 0 Å². The van der Waals surface area contributed by atoms with E-state index >= 15 is 0 Å². The molecule has 0 nitrogen and oxygen atoms in total. The topological polar surface area (TPSA) is 0 Å². The monoisotopic (exact) mass is 568 g/mol. The molecule has 0 saturated carbocycles. The summed E-state index contributed by atoms with van der Waals surface area (Å²) < 4.78 is 0. The lowest BCUT2D eigenvalue weighted by Gasteiger charge is -2.48. The van der Waals surface area contributed by atoms with Crippen LogP contribution in [0.3, 0.4) is 0 Å². The zero-order valence-corrected chi connectivity index (χ0v) is 28.0. The Morgan fingerprint density at radius 1 is 0.372 bits per heavy atom. The predicted molar refractivity (Wildman–Crippen MR) is 186 cm³/mol. The summed E-state index contributed by atoms with van der Waals surface area (Å²) >= 11 is 0. The molecule has 0 amide bonds. The zero-order chi connectivity index (χ0) is 30.7. The van der Waals surface area contributed by atoms with E-state index in [1.165, 1.54) is 35.1 Å². The molecule has 2 aliphatic carbocycles. The Morgan fingerprint density at radius 3 is 0.860 bits per heavy atom. The average molecular weight is 569 g/mol. The van der Waals surface area contributed by atoms with Gasteiger partial charge in [0.25, 0.3) is 0 Å². The highest BCUT2D eigenvalue weighted by atomic mass is 14.6. The molecule has 0 aliphatic heterocycles. The highest BCUT2D eigenvalue weighted by Crippen LogP contribution is 2.63. The lowest BCUT2D eigenvalue weighted by atomic mass is 9.55. The lowest BCUT2D eigenvalue weighted by molar-refractivity contribution is 0.137. The number of hydrogen-bond acceptors (Lipinski definition) is 0. The summed E-state index contributed by atoms with van der Waals surface area (Å²) in [4.78, 5) is 0. The minimum atomic E-state index is -0.0186. The van der Waals surface area contributed by atoms with Gasteiger partial charge in [-0.1, -0.05) is 165 Å². The molecule has 0 fully saturated rings. The number of fused-ring (bicyclic) bond motifs is 6. The maximum atomic E-state index is 2.58. The van der Waals surface area contributed by atoms with Crippen LogP contribution in [-0.4, -0.2) is 0 Å². The van der Waals surface area contributed by atoms with E-state index in [0.29, 0.717) is 0 Å². The van der Waals surface area contributed by atoms with E-state index in [1.54, 1.807) is 22.3 Å². The first-order valence-corrected chi connectivity index (χ1v) is 16.8. The largest absolute Gasteiger partial charge is 0.0649 e. The van der Waals surface area contributed by atoms with E-state index < -0.39 is 0 Å². The first-order chi connectivity index (χ1) is 20.4. The van der Waals surface area contributed by atoms with Gasteiger partial charge >= 0.3 is 0 Å². The van der Waals surface area contributed by atoms with Crippen molar-refractivity contribution in [1.29, 1.82) is 0 Å². The summed E-state index contributed by atoms with van der Waals surface area (Å²) in [6, 6.07) is 37.3. The molecule has 0 aromatic heterocycles. The summed E-state index contributed by atoms with van der Waals surface area (Å²) in [6.45, 7) is 19.9. The van der Waals surface area contributed by atoms with Crippen molar-refractivity contribution in [3.63, 3.8) is 0 Å². The minimum absolute atomic E-state index is 0.0186. The second-order valence-electron chi connectivity index (χ2n) is 16.3. The highest BCUT2D eigenvalue weighted by Gasteiger charge is 2.53. The first-order valence-electron chi connectivity index (χ1n) is 16.8. The second kappa shape index (κ2) is 10.5. The molecule has 0 heteroatoms. The molecule has 0 bridgehead atoms. The number of hydrogen-bond donors (Lipinski definition) is 0. The fourth-order valence-corrected chi connectivity index (χ4v) is 9.30. The van der Waals surface area contributed by atoms with Gasteiger partial charge in [0.2, 0.25) is 0 Å². The van der Waals surface area contributed by atoms with Crippen molar-refractivity contribution in [2.45, 2.75) is 105 Å². The maximum absolute atomic E-state index is 2.58. The average Bonchev–Trinajstić information content (AvgIpc) is 3.39. The van der Waals surface area contributed by atoms with Gasteiger partial charge in [-0.15, -0.1) is 0 Å².